The van der Waals surface area contributed by atoms with Crippen molar-refractivity contribution < 1.29 is 22.4 Å². The van der Waals surface area contributed by atoms with E-state index in [0.717, 1.165) is 11.4 Å². The van der Waals surface area contributed by atoms with Crippen molar-refractivity contribution in [2.45, 2.75) is 0 Å². The van der Waals surface area contributed by atoms with Gasteiger partial charge in [-0.15, -0.1) is 0 Å². The SMILES string of the molecule is [Ag].c1ccc(Nc2ccccc2)cc1. The van der Waals surface area contributed by atoms with Crippen molar-refractivity contribution in [3.63, 3.8) is 0 Å². The Kier molecular flexibility index (Phi) is 4.47. The average molecular weight is 277 g/mol. The first kappa shape index (κ1) is 11.1. The Bertz CT molecular complexity index is 321. The van der Waals surface area contributed by atoms with E-state index in [0.29, 0.717) is 0 Å². The van der Waals surface area contributed by atoms with Crippen molar-refractivity contribution in [3.05, 3.63) is 60.7 Å². The summed E-state index contributed by atoms with van der Waals surface area (Å²) in [7, 11) is 0. The Morgan fingerprint density at radius 2 is 0.929 bits per heavy atom. The molecule has 0 saturated heterocycles. The first-order valence-corrected chi connectivity index (χ1v) is 4.32. The Morgan fingerprint density at radius 3 is 1.29 bits per heavy atom. The zero-order chi connectivity index (χ0) is 8.93. The van der Waals surface area contributed by atoms with Gasteiger partial charge in [-0.1, -0.05) is 36.4 Å². The number of hydrogen-bond acceptors (Lipinski definition) is 1. The molecule has 0 saturated carbocycles. The number of anilines is 2. The maximum atomic E-state index is 3.30. The molecule has 0 unspecified atom stereocenters. The van der Waals surface area contributed by atoms with Crippen LogP contribution in [0.4, 0.5) is 11.4 Å². The molecular formula is C12H11AgN. The van der Waals surface area contributed by atoms with Crippen LogP contribution in [0.15, 0.2) is 60.7 Å². The monoisotopic (exact) mass is 276 g/mol. The van der Waals surface area contributed by atoms with E-state index in [1.54, 1.807) is 0 Å². The molecule has 0 spiro atoms. The van der Waals surface area contributed by atoms with Gasteiger partial charge in [0.05, 0.1) is 0 Å². The van der Waals surface area contributed by atoms with E-state index in [4.69, 9.17) is 0 Å². The van der Waals surface area contributed by atoms with Crippen molar-refractivity contribution in [3.8, 4) is 0 Å². The fraction of sp³-hybridized carbons (Fsp3) is 0. The van der Waals surface area contributed by atoms with Crippen LogP contribution < -0.4 is 5.32 Å². The Morgan fingerprint density at radius 1 is 0.571 bits per heavy atom. The minimum atomic E-state index is 0. The normalized spacial score (nSPS) is 8.86. The van der Waals surface area contributed by atoms with Gasteiger partial charge in [0.25, 0.3) is 0 Å². The van der Waals surface area contributed by atoms with E-state index >= 15 is 0 Å². The third-order valence-electron chi connectivity index (χ3n) is 1.84. The van der Waals surface area contributed by atoms with Crippen molar-refractivity contribution in [2.24, 2.45) is 0 Å². The van der Waals surface area contributed by atoms with Gasteiger partial charge in [0.1, 0.15) is 0 Å². The zero-order valence-corrected chi connectivity index (χ0v) is 9.06. The minimum Gasteiger partial charge on any atom is -0.356 e. The molecule has 2 aromatic carbocycles. The molecule has 14 heavy (non-hydrogen) atoms. The second-order valence-corrected chi connectivity index (χ2v) is 2.86. The fourth-order valence-electron chi connectivity index (χ4n) is 1.21. The van der Waals surface area contributed by atoms with Crippen molar-refractivity contribution >= 4 is 11.4 Å². The molecule has 0 heterocycles. The van der Waals surface area contributed by atoms with Crippen molar-refractivity contribution in [2.75, 3.05) is 5.32 Å². The predicted octanol–water partition coefficient (Wildman–Crippen LogP) is 3.43. The molecule has 1 N–H and O–H groups in total. The summed E-state index contributed by atoms with van der Waals surface area (Å²) < 4.78 is 0. The van der Waals surface area contributed by atoms with Crippen LogP contribution in [0.3, 0.4) is 0 Å². The van der Waals surface area contributed by atoms with Crippen molar-refractivity contribution in [1.82, 2.24) is 0 Å². The summed E-state index contributed by atoms with van der Waals surface area (Å²) in [5.41, 5.74) is 2.24. The number of benzene rings is 2. The summed E-state index contributed by atoms with van der Waals surface area (Å²) in [4.78, 5) is 0. The van der Waals surface area contributed by atoms with E-state index in [1.165, 1.54) is 0 Å². The largest absolute Gasteiger partial charge is 0.356 e. The first-order chi connectivity index (χ1) is 6.45. The molecule has 75 valence electrons. The number of hydrogen-bond donors (Lipinski definition) is 1. The van der Waals surface area contributed by atoms with Crippen LogP contribution in [0, 0.1) is 0 Å². The van der Waals surface area contributed by atoms with Gasteiger partial charge in [0, 0.05) is 33.8 Å². The van der Waals surface area contributed by atoms with E-state index in [2.05, 4.69) is 5.32 Å². The minimum absolute atomic E-state index is 0. The number of nitrogens with one attached hydrogen (secondary N) is 1. The topological polar surface area (TPSA) is 12.0 Å². The fourth-order valence-corrected chi connectivity index (χ4v) is 1.21. The maximum Gasteiger partial charge on any atom is 0.0384 e. The smallest absolute Gasteiger partial charge is 0.0384 e. The summed E-state index contributed by atoms with van der Waals surface area (Å²) in [6.45, 7) is 0. The van der Waals surface area contributed by atoms with E-state index in [1.807, 2.05) is 60.7 Å². The van der Waals surface area contributed by atoms with Gasteiger partial charge >= 0.3 is 0 Å². The van der Waals surface area contributed by atoms with Gasteiger partial charge in [-0.25, -0.2) is 0 Å². The van der Waals surface area contributed by atoms with Crippen LogP contribution in [0.25, 0.3) is 0 Å². The van der Waals surface area contributed by atoms with Gasteiger partial charge in [-0.05, 0) is 24.3 Å². The molecule has 0 aromatic heterocycles. The van der Waals surface area contributed by atoms with Gasteiger partial charge in [0.15, 0.2) is 0 Å². The molecule has 0 atom stereocenters. The first-order valence-electron chi connectivity index (χ1n) is 4.32. The molecule has 2 rings (SSSR count). The summed E-state index contributed by atoms with van der Waals surface area (Å²) in [6.07, 6.45) is 0. The summed E-state index contributed by atoms with van der Waals surface area (Å²) in [5, 5.41) is 3.30. The summed E-state index contributed by atoms with van der Waals surface area (Å²) >= 11 is 0. The molecule has 0 aliphatic rings. The molecule has 1 radical (unpaired) electrons. The third kappa shape index (κ3) is 3.04. The Hall–Kier alpha value is -1.02. The van der Waals surface area contributed by atoms with Crippen LogP contribution in [0.5, 0.6) is 0 Å². The quantitative estimate of drug-likeness (QED) is 0.829. The molecule has 0 bridgehead atoms. The maximum absolute atomic E-state index is 3.30. The number of rotatable bonds is 2. The number of para-hydroxylation sites is 2. The molecule has 2 heteroatoms. The van der Waals surface area contributed by atoms with Crippen LogP contribution in [0.2, 0.25) is 0 Å². The molecule has 0 amide bonds. The average Bonchev–Trinajstić information content (AvgIpc) is 2.21. The van der Waals surface area contributed by atoms with Crippen LogP contribution in [0.1, 0.15) is 0 Å². The van der Waals surface area contributed by atoms with Gasteiger partial charge in [-0.2, -0.15) is 0 Å². The van der Waals surface area contributed by atoms with Gasteiger partial charge in [0.2, 0.25) is 0 Å². The van der Waals surface area contributed by atoms with E-state index in [-0.39, 0.29) is 22.4 Å². The third-order valence-corrected chi connectivity index (χ3v) is 1.84. The van der Waals surface area contributed by atoms with Crippen LogP contribution in [-0.2, 0) is 22.4 Å². The molecule has 0 aliphatic heterocycles. The zero-order valence-electron chi connectivity index (χ0n) is 7.58. The van der Waals surface area contributed by atoms with Gasteiger partial charge < -0.3 is 5.32 Å². The molecular weight excluding hydrogens is 266 g/mol. The predicted molar refractivity (Wildman–Crippen MR) is 56.2 cm³/mol. The Balaban J connectivity index is 0.000000980. The molecule has 1 nitrogen and oxygen atoms in total. The van der Waals surface area contributed by atoms with Crippen LogP contribution >= 0.6 is 0 Å². The van der Waals surface area contributed by atoms with E-state index < -0.39 is 0 Å². The Labute approximate surface area is 99.7 Å². The summed E-state index contributed by atoms with van der Waals surface area (Å²) in [5.74, 6) is 0. The summed E-state index contributed by atoms with van der Waals surface area (Å²) in [6, 6.07) is 20.3. The molecule has 2 aromatic rings. The van der Waals surface area contributed by atoms with Crippen LogP contribution in [-0.4, -0.2) is 0 Å². The molecule has 0 aliphatic carbocycles. The second-order valence-electron chi connectivity index (χ2n) is 2.86. The molecule has 0 fully saturated rings. The van der Waals surface area contributed by atoms with Gasteiger partial charge in [-0.3, -0.25) is 0 Å². The second kappa shape index (κ2) is 5.66. The standard InChI is InChI=1S/C12H11N.Ag/c1-3-7-11(8-4-1)13-12-9-5-2-6-10-12;/h1-10,13H;. The van der Waals surface area contributed by atoms with E-state index in [9.17, 15) is 0 Å². The van der Waals surface area contributed by atoms with Crippen molar-refractivity contribution in [1.29, 1.82) is 0 Å².